The number of rotatable bonds is 6. The summed E-state index contributed by atoms with van der Waals surface area (Å²) in [7, 11) is -4.58. The highest BCUT2D eigenvalue weighted by Crippen LogP contribution is 2.41. The molecule has 0 unspecified atom stereocenters. The Morgan fingerprint density at radius 2 is 1.68 bits per heavy atom. The highest BCUT2D eigenvalue weighted by Gasteiger charge is 2.51. The van der Waals surface area contributed by atoms with Crippen molar-refractivity contribution in [3.8, 4) is 11.5 Å². The molecule has 2 aliphatic heterocycles. The Kier molecular flexibility index (Phi) is 7.03. The molecule has 0 N–H and O–H groups in total. The second-order valence-electron chi connectivity index (χ2n) is 10.7. The third-order valence-electron chi connectivity index (χ3n) is 7.49. The number of nitrogens with zero attached hydrogens (tertiary/aromatic N) is 1. The third kappa shape index (κ3) is 5.18. The van der Waals surface area contributed by atoms with Crippen molar-refractivity contribution in [2.75, 3.05) is 0 Å². The number of ether oxygens (including phenoxy) is 1. The zero-order valence-electron chi connectivity index (χ0n) is 22.2. The van der Waals surface area contributed by atoms with E-state index < -0.39 is 28.6 Å². The van der Waals surface area contributed by atoms with E-state index >= 15 is 0 Å². The summed E-state index contributed by atoms with van der Waals surface area (Å²) in [5, 5.41) is 0.334. The van der Waals surface area contributed by atoms with E-state index in [1.165, 1.54) is 4.31 Å². The summed E-state index contributed by atoms with van der Waals surface area (Å²) >= 11 is 6.69. The Balaban J connectivity index is 1.38. The van der Waals surface area contributed by atoms with E-state index in [1.54, 1.807) is 12.1 Å². The maximum Gasteiger partial charge on any atom is 0.494 e. The molecule has 7 nitrogen and oxygen atoms in total. The van der Waals surface area contributed by atoms with Gasteiger partial charge in [0.05, 0.1) is 16.2 Å². The Morgan fingerprint density at radius 1 is 1.00 bits per heavy atom. The summed E-state index contributed by atoms with van der Waals surface area (Å²) in [6, 6.07) is 18.8. The Labute approximate surface area is 230 Å². The third-order valence-corrected chi connectivity index (χ3v) is 9.19. The van der Waals surface area contributed by atoms with Crippen LogP contribution in [0.25, 0.3) is 0 Å². The fourth-order valence-electron chi connectivity index (χ4n) is 4.39. The van der Waals surface area contributed by atoms with Crippen LogP contribution in [0.1, 0.15) is 49.9 Å². The molecule has 0 spiro atoms. The van der Waals surface area contributed by atoms with Gasteiger partial charge in [-0.2, -0.15) is 12.7 Å². The van der Waals surface area contributed by atoms with E-state index in [2.05, 4.69) is 0 Å². The van der Waals surface area contributed by atoms with Crippen molar-refractivity contribution >= 4 is 34.5 Å². The first-order chi connectivity index (χ1) is 17.9. The number of halogens is 1. The molecular formula is C28H31BClNO6S. The van der Waals surface area contributed by atoms with Crippen LogP contribution in [0.3, 0.4) is 0 Å². The van der Waals surface area contributed by atoms with Crippen molar-refractivity contribution in [2.24, 2.45) is 0 Å². The second kappa shape index (κ2) is 9.88. The summed E-state index contributed by atoms with van der Waals surface area (Å²) in [6.07, 6.45) is 0. The lowest BCUT2D eigenvalue weighted by Gasteiger charge is -2.32. The summed E-state index contributed by atoms with van der Waals surface area (Å²) in [5.74, 6) is 0.678. The van der Waals surface area contributed by atoms with Crippen LogP contribution < -0.4 is 14.4 Å². The molecule has 0 saturated carbocycles. The molecule has 3 aromatic carbocycles. The van der Waals surface area contributed by atoms with Crippen molar-refractivity contribution < 1.29 is 26.6 Å². The van der Waals surface area contributed by atoms with Crippen LogP contribution in [0.4, 0.5) is 0 Å². The molecule has 0 amide bonds. The van der Waals surface area contributed by atoms with E-state index in [1.807, 2.05) is 83.1 Å². The Bertz CT molecular complexity index is 1450. The highest BCUT2D eigenvalue weighted by molar-refractivity contribution is 7.84. The summed E-state index contributed by atoms with van der Waals surface area (Å²) < 4.78 is 51.2. The van der Waals surface area contributed by atoms with Gasteiger partial charge in [0.25, 0.3) is 0 Å². The molecule has 0 aliphatic carbocycles. The molecule has 0 atom stereocenters. The second-order valence-corrected chi connectivity index (χ2v) is 12.6. The monoisotopic (exact) mass is 555 g/mol. The Morgan fingerprint density at radius 3 is 2.37 bits per heavy atom. The number of hydrogen-bond acceptors (Lipinski definition) is 6. The van der Waals surface area contributed by atoms with Gasteiger partial charge >= 0.3 is 17.4 Å². The summed E-state index contributed by atoms with van der Waals surface area (Å²) in [5.41, 5.74) is 3.19. The van der Waals surface area contributed by atoms with E-state index in [-0.39, 0.29) is 18.8 Å². The largest absolute Gasteiger partial charge is 0.494 e. The number of fused-ring (bicyclic) bond motifs is 1. The molecule has 1 fully saturated rings. The predicted molar refractivity (Wildman–Crippen MR) is 148 cm³/mol. The zero-order valence-corrected chi connectivity index (χ0v) is 23.7. The zero-order chi connectivity index (χ0) is 27.3. The fourth-order valence-corrected chi connectivity index (χ4v) is 5.73. The lowest BCUT2D eigenvalue weighted by Crippen LogP contribution is -2.41. The van der Waals surface area contributed by atoms with E-state index in [4.69, 9.17) is 29.8 Å². The van der Waals surface area contributed by atoms with Gasteiger partial charge in [-0.15, -0.1) is 0 Å². The van der Waals surface area contributed by atoms with Crippen LogP contribution in [-0.2, 0) is 39.3 Å². The minimum Gasteiger partial charge on any atom is -0.487 e. The lowest BCUT2D eigenvalue weighted by molar-refractivity contribution is 0.00578. The van der Waals surface area contributed by atoms with Crippen LogP contribution >= 0.6 is 11.6 Å². The topological polar surface area (TPSA) is 74.3 Å². The first kappa shape index (κ1) is 27.0. The van der Waals surface area contributed by atoms with Crippen LogP contribution in [0.15, 0.2) is 60.7 Å². The van der Waals surface area contributed by atoms with Gasteiger partial charge in [0.15, 0.2) is 0 Å². The van der Waals surface area contributed by atoms with Gasteiger partial charge in [-0.3, -0.25) is 0 Å². The minimum absolute atomic E-state index is 0.0548. The molecule has 3 aromatic rings. The maximum absolute atomic E-state index is 13.1. The van der Waals surface area contributed by atoms with Crippen molar-refractivity contribution in [3.63, 3.8) is 0 Å². The summed E-state index contributed by atoms with van der Waals surface area (Å²) in [4.78, 5) is 0. The number of benzene rings is 3. The molecule has 1 saturated heterocycles. The molecule has 0 bridgehead atoms. The van der Waals surface area contributed by atoms with Gasteiger partial charge in [0, 0.05) is 18.7 Å². The van der Waals surface area contributed by atoms with E-state index in [0.717, 1.165) is 22.2 Å². The number of hydrogen-bond donors (Lipinski definition) is 0. The van der Waals surface area contributed by atoms with Gasteiger partial charge in [-0.05, 0) is 68.9 Å². The van der Waals surface area contributed by atoms with Crippen LogP contribution in [0.5, 0.6) is 11.5 Å². The van der Waals surface area contributed by atoms with Crippen molar-refractivity contribution in [1.29, 1.82) is 0 Å². The van der Waals surface area contributed by atoms with Crippen LogP contribution in [0.2, 0.25) is 5.02 Å². The van der Waals surface area contributed by atoms with Gasteiger partial charge in [-0.1, -0.05) is 60.1 Å². The molecule has 200 valence electrons. The molecular weight excluding hydrogens is 525 g/mol. The molecule has 10 heteroatoms. The van der Waals surface area contributed by atoms with Crippen molar-refractivity contribution in [1.82, 2.24) is 4.31 Å². The van der Waals surface area contributed by atoms with E-state index in [9.17, 15) is 8.42 Å². The average molecular weight is 556 g/mol. The quantitative estimate of drug-likeness (QED) is 0.391. The smallest absolute Gasteiger partial charge is 0.487 e. The predicted octanol–water partition coefficient (Wildman–Crippen LogP) is 5.17. The molecule has 0 radical (unpaired) electrons. The standard InChI is InChI=1S/C28H31BClNO6S/c1-19-11-12-22(29-36-27(2,3)28(4,5)37-29)15-21(19)16-31-17-23-24(35-38(31,32)33)13-14-25(26(23)30)34-18-20-9-7-6-8-10-20/h6-15H,16-18H2,1-5H3. The lowest BCUT2D eigenvalue weighted by atomic mass is 9.78. The van der Waals surface area contributed by atoms with Gasteiger partial charge in [0.1, 0.15) is 18.1 Å². The first-order valence-electron chi connectivity index (χ1n) is 12.5. The SMILES string of the molecule is Cc1ccc(B2OC(C)(C)C(C)(C)O2)cc1CN1Cc2c(ccc(OCc3ccccc3)c2Cl)OS1(=O)=O. The molecule has 2 heterocycles. The highest BCUT2D eigenvalue weighted by atomic mass is 35.5. The molecule has 2 aliphatic rings. The van der Waals surface area contributed by atoms with E-state index in [0.29, 0.717) is 22.9 Å². The molecule has 0 aromatic heterocycles. The van der Waals surface area contributed by atoms with Crippen molar-refractivity contribution in [3.05, 3.63) is 87.9 Å². The number of aryl methyl sites for hydroxylation is 1. The summed E-state index contributed by atoms with van der Waals surface area (Å²) in [6.45, 7) is 10.4. The normalized spacial score (nSPS) is 19.6. The van der Waals surface area contributed by atoms with Gasteiger partial charge in [0.2, 0.25) is 0 Å². The molecule has 5 rings (SSSR count). The maximum atomic E-state index is 13.1. The average Bonchev–Trinajstić information content (AvgIpc) is 3.08. The minimum atomic E-state index is -4.03. The molecule has 38 heavy (non-hydrogen) atoms. The Hall–Kier alpha value is -2.56. The van der Waals surface area contributed by atoms with Crippen LogP contribution in [-0.4, -0.2) is 31.0 Å². The van der Waals surface area contributed by atoms with Crippen LogP contribution in [0, 0.1) is 6.92 Å². The van der Waals surface area contributed by atoms with Gasteiger partial charge < -0.3 is 18.2 Å². The van der Waals surface area contributed by atoms with Crippen molar-refractivity contribution in [2.45, 2.75) is 65.5 Å². The fraction of sp³-hybridized carbons (Fsp3) is 0.357. The first-order valence-corrected chi connectivity index (χ1v) is 14.2. The van der Waals surface area contributed by atoms with Gasteiger partial charge in [-0.25, -0.2) is 0 Å².